The zero-order valence-corrected chi connectivity index (χ0v) is 7.51. The van der Waals surface area contributed by atoms with Crippen LogP contribution in [-0.4, -0.2) is 7.05 Å². The van der Waals surface area contributed by atoms with Crippen LogP contribution in [0.1, 0.15) is 30.7 Å². The van der Waals surface area contributed by atoms with Crippen molar-refractivity contribution in [3.05, 3.63) is 29.8 Å². The van der Waals surface area contributed by atoms with Gasteiger partial charge in [0, 0.05) is 12.7 Å². The van der Waals surface area contributed by atoms with E-state index in [1.807, 2.05) is 7.05 Å². The second kappa shape index (κ2) is 3.18. The summed E-state index contributed by atoms with van der Waals surface area (Å²) in [6, 6.07) is 8.81. The Morgan fingerprint density at radius 3 is 2.25 bits per heavy atom. The average molecular weight is 161 g/mol. The average Bonchev–Trinajstić information content (AvgIpc) is 2.03. The normalized spacial score (nSPS) is 17.1. The molecule has 0 aromatic heterocycles. The predicted molar refractivity (Wildman–Crippen MR) is 52.6 cm³/mol. The Balaban J connectivity index is 2.13. The first-order valence-corrected chi connectivity index (χ1v) is 4.68. The molecule has 1 aliphatic rings. The van der Waals surface area contributed by atoms with Gasteiger partial charge in [0.25, 0.3) is 0 Å². The first kappa shape index (κ1) is 7.66. The summed E-state index contributed by atoms with van der Waals surface area (Å²) in [6.45, 7) is 0. The van der Waals surface area contributed by atoms with Crippen LogP contribution in [0.15, 0.2) is 24.3 Å². The van der Waals surface area contributed by atoms with E-state index in [-0.39, 0.29) is 0 Å². The van der Waals surface area contributed by atoms with E-state index in [1.54, 1.807) is 0 Å². The molecule has 1 N–H and O–H groups in total. The monoisotopic (exact) mass is 161 g/mol. The van der Waals surface area contributed by atoms with Gasteiger partial charge >= 0.3 is 0 Å². The Labute approximate surface area is 73.8 Å². The van der Waals surface area contributed by atoms with Gasteiger partial charge in [0.2, 0.25) is 0 Å². The molecule has 0 spiro atoms. The Morgan fingerprint density at radius 1 is 1.17 bits per heavy atom. The summed E-state index contributed by atoms with van der Waals surface area (Å²) in [6.07, 6.45) is 4.19. The molecule has 1 aromatic rings. The first-order valence-electron chi connectivity index (χ1n) is 4.68. The van der Waals surface area contributed by atoms with Crippen LogP contribution in [0.5, 0.6) is 0 Å². The second-order valence-corrected chi connectivity index (χ2v) is 3.50. The predicted octanol–water partition coefficient (Wildman–Crippen LogP) is 3.00. The molecular formula is C11H15N. The van der Waals surface area contributed by atoms with Gasteiger partial charge in [0.15, 0.2) is 0 Å². The van der Waals surface area contributed by atoms with Crippen molar-refractivity contribution in [2.45, 2.75) is 25.2 Å². The molecule has 0 aliphatic heterocycles. The summed E-state index contributed by atoms with van der Waals surface area (Å²) < 4.78 is 0. The van der Waals surface area contributed by atoms with Crippen molar-refractivity contribution in [3.63, 3.8) is 0 Å². The third-order valence-electron chi connectivity index (χ3n) is 2.78. The van der Waals surface area contributed by atoms with E-state index in [1.165, 1.54) is 30.5 Å². The molecular weight excluding hydrogens is 146 g/mol. The quantitative estimate of drug-likeness (QED) is 0.703. The van der Waals surface area contributed by atoms with E-state index in [2.05, 4.69) is 29.6 Å². The van der Waals surface area contributed by atoms with Crippen molar-refractivity contribution in [3.8, 4) is 0 Å². The van der Waals surface area contributed by atoms with Crippen LogP contribution in [0.25, 0.3) is 0 Å². The van der Waals surface area contributed by atoms with Crippen LogP contribution in [0.4, 0.5) is 5.69 Å². The van der Waals surface area contributed by atoms with Gasteiger partial charge in [-0.1, -0.05) is 18.6 Å². The smallest absolute Gasteiger partial charge is 0.0337 e. The third-order valence-corrected chi connectivity index (χ3v) is 2.78. The van der Waals surface area contributed by atoms with Crippen LogP contribution in [0.3, 0.4) is 0 Å². The first-order chi connectivity index (χ1) is 5.90. The molecule has 1 heteroatoms. The molecule has 0 radical (unpaired) electrons. The van der Waals surface area contributed by atoms with Crippen LogP contribution in [-0.2, 0) is 0 Å². The largest absolute Gasteiger partial charge is 0.388 e. The lowest BCUT2D eigenvalue weighted by molar-refractivity contribution is 0.420. The molecule has 1 aromatic carbocycles. The fourth-order valence-electron chi connectivity index (χ4n) is 1.66. The molecule has 2 rings (SSSR count). The van der Waals surface area contributed by atoms with Gasteiger partial charge in [0.05, 0.1) is 0 Å². The van der Waals surface area contributed by atoms with E-state index < -0.39 is 0 Å². The van der Waals surface area contributed by atoms with Gasteiger partial charge < -0.3 is 5.32 Å². The van der Waals surface area contributed by atoms with Crippen molar-refractivity contribution >= 4 is 5.69 Å². The molecule has 0 amide bonds. The molecule has 0 atom stereocenters. The maximum atomic E-state index is 3.13. The van der Waals surface area contributed by atoms with E-state index in [9.17, 15) is 0 Å². The van der Waals surface area contributed by atoms with Crippen LogP contribution < -0.4 is 5.32 Å². The standard InChI is InChI=1S/C11H15N/c1-12-11-7-5-10(6-8-11)9-3-2-4-9/h5-9,12H,2-4H2,1H3. The molecule has 1 nitrogen and oxygen atoms in total. The fourth-order valence-corrected chi connectivity index (χ4v) is 1.66. The Hall–Kier alpha value is -0.980. The summed E-state index contributed by atoms with van der Waals surface area (Å²) in [5.41, 5.74) is 2.72. The van der Waals surface area contributed by atoms with Gasteiger partial charge in [-0.25, -0.2) is 0 Å². The van der Waals surface area contributed by atoms with E-state index in [4.69, 9.17) is 0 Å². The highest BCUT2D eigenvalue weighted by atomic mass is 14.8. The van der Waals surface area contributed by atoms with Gasteiger partial charge in [-0.15, -0.1) is 0 Å². The molecule has 0 saturated heterocycles. The van der Waals surface area contributed by atoms with Crippen molar-refractivity contribution < 1.29 is 0 Å². The summed E-state index contributed by atoms with van der Waals surface area (Å²) >= 11 is 0. The molecule has 12 heavy (non-hydrogen) atoms. The molecule has 0 heterocycles. The molecule has 1 saturated carbocycles. The second-order valence-electron chi connectivity index (χ2n) is 3.50. The zero-order valence-electron chi connectivity index (χ0n) is 7.51. The van der Waals surface area contributed by atoms with E-state index >= 15 is 0 Å². The lowest BCUT2D eigenvalue weighted by Crippen LogP contribution is -2.08. The third kappa shape index (κ3) is 1.31. The van der Waals surface area contributed by atoms with Gasteiger partial charge in [-0.3, -0.25) is 0 Å². The minimum Gasteiger partial charge on any atom is -0.388 e. The minimum absolute atomic E-state index is 0.857. The molecule has 0 bridgehead atoms. The van der Waals surface area contributed by atoms with Crippen LogP contribution in [0, 0.1) is 0 Å². The Kier molecular flexibility index (Phi) is 2.03. The highest BCUT2D eigenvalue weighted by Crippen LogP contribution is 2.36. The van der Waals surface area contributed by atoms with Crippen LogP contribution in [0.2, 0.25) is 0 Å². The molecule has 64 valence electrons. The zero-order chi connectivity index (χ0) is 8.39. The summed E-state index contributed by atoms with van der Waals surface area (Å²) in [7, 11) is 1.96. The van der Waals surface area contributed by atoms with E-state index in [0.717, 1.165) is 5.92 Å². The number of hydrogen-bond acceptors (Lipinski definition) is 1. The van der Waals surface area contributed by atoms with E-state index in [0.29, 0.717) is 0 Å². The maximum Gasteiger partial charge on any atom is 0.0337 e. The van der Waals surface area contributed by atoms with Crippen molar-refractivity contribution in [1.29, 1.82) is 0 Å². The molecule has 1 aliphatic carbocycles. The van der Waals surface area contributed by atoms with Gasteiger partial charge in [-0.05, 0) is 36.5 Å². The summed E-state index contributed by atoms with van der Waals surface area (Å²) in [5.74, 6) is 0.857. The number of benzene rings is 1. The lowest BCUT2D eigenvalue weighted by Gasteiger charge is -2.25. The number of nitrogens with one attached hydrogen (secondary N) is 1. The number of rotatable bonds is 2. The molecule has 0 unspecified atom stereocenters. The fraction of sp³-hybridized carbons (Fsp3) is 0.455. The van der Waals surface area contributed by atoms with Crippen molar-refractivity contribution in [2.24, 2.45) is 0 Å². The highest BCUT2D eigenvalue weighted by molar-refractivity contribution is 5.44. The van der Waals surface area contributed by atoms with Crippen molar-refractivity contribution in [2.75, 3.05) is 12.4 Å². The number of hydrogen-bond donors (Lipinski definition) is 1. The highest BCUT2D eigenvalue weighted by Gasteiger charge is 2.18. The SMILES string of the molecule is CNc1ccc(C2CCC2)cc1. The lowest BCUT2D eigenvalue weighted by atomic mass is 9.80. The van der Waals surface area contributed by atoms with Gasteiger partial charge in [-0.2, -0.15) is 0 Å². The minimum atomic E-state index is 0.857. The number of anilines is 1. The Bertz CT molecular complexity index is 246. The van der Waals surface area contributed by atoms with Crippen molar-refractivity contribution in [1.82, 2.24) is 0 Å². The summed E-state index contributed by atoms with van der Waals surface area (Å²) in [4.78, 5) is 0. The van der Waals surface area contributed by atoms with Gasteiger partial charge in [0.1, 0.15) is 0 Å². The topological polar surface area (TPSA) is 12.0 Å². The molecule has 1 fully saturated rings. The maximum absolute atomic E-state index is 3.13. The summed E-state index contributed by atoms with van der Waals surface area (Å²) in [5, 5.41) is 3.13. The Morgan fingerprint density at radius 2 is 1.83 bits per heavy atom. The van der Waals surface area contributed by atoms with Crippen LogP contribution >= 0.6 is 0 Å².